The summed E-state index contributed by atoms with van der Waals surface area (Å²) in [6.07, 6.45) is -0.0971. The highest BCUT2D eigenvalue weighted by atomic mass is 16.6. The number of anilines is 1. The molecule has 11 nitrogen and oxygen atoms in total. The summed E-state index contributed by atoms with van der Waals surface area (Å²) < 4.78 is 6.29. The molecule has 1 aliphatic carbocycles. The number of nitrogens with one attached hydrogen (secondary N) is 2. The van der Waals surface area contributed by atoms with Crippen molar-refractivity contribution in [3.05, 3.63) is 16.0 Å². The number of piperidine rings is 1. The zero-order chi connectivity index (χ0) is 19.8. The molecule has 11 heteroatoms. The Kier molecular flexibility index (Phi) is 5.32. The lowest BCUT2D eigenvalue weighted by Gasteiger charge is -2.29. The molecule has 4 atom stereocenters. The van der Waals surface area contributed by atoms with E-state index in [-0.39, 0.29) is 23.3 Å². The van der Waals surface area contributed by atoms with E-state index in [1.807, 2.05) is 4.90 Å². The van der Waals surface area contributed by atoms with Crippen LogP contribution in [0, 0.1) is 5.41 Å². The Morgan fingerprint density at radius 2 is 1.93 bits per heavy atom. The molecular formula is C17H26N6O5. The van der Waals surface area contributed by atoms with E-state index in [2.05, 4.69) is 15.6 Å². The van der Waals surface area contributed by atoms with Gasteiger partial charge in [0, 0.05) is 19.1 Å². The van der Waals surface area contributed by atoms with Crippen molar-refractivity contribution in [3.63, 3.8) is 0 Å². The van der Waals surface area contributed by atoms with Gasteiger partial charge in [-0.25, -0.2) is 0 Å². The summed E-state index contributed by atoms with van der Waals surface area (Å²) in [6.45, 7) is 0.977. The number of hydrogen-bond acceptors (Lipinski definition) is 9. The van der Waals surface area contributed by atoms with Crippen LogP contribution < -0.4 is 10.9 Å². The summed E-state index contributed by atoms with van der Waals surface area (Å²) in [5, 5.41) is 49.1. The second kappa shape index (κ2) is 7.74. The number of amidine groups is 1. The third kappa shape index (κ3) is 3.50. The number of aliphatic hydroxyl groups is 3. The highest BCUT2D eigenvalue weighted by molar-refractivity contribution is 5.99. The van der Waals surface area contributed by atoms with E-state index in [0.717, 1.165) is 49.9 Å². The summed E-state index contributed by atoms with van der Waals surface area (Å²) in [5.41, 5.74) is -0.235. The van der Waals surface area contributed by atoms with E-state index in [4.69, 9.17) is 10.1 Å². The lowest BCUT2D eigenvalue weighted by atomic mass is 10.1. The average Bonchev–Trinajstić information content (AvgIpc) is 3.49. The van der Waals surface area contributed by atoms with Crippen molar-refractivity contribution in [2.24, 2.45) is 0 Å². The molecule has 4 unspecified atom stereocenters. The molecule has 2 aliphatic heterocycles. The Balaban J connectivity index is 1.68. The van der Waals surface area contributed by atoms with Gasteiger partial charge in [-0.2, -0.15) is 4.68 Å². The molecule has 0 spiro atoms. The van der Waals surface area contributed by atoms with Crippen molar-refractivity contribution >= 4 is 11.5 Å². The Labute approximate surface area is 161 Å². The van der Waals surface area contributed by atoms with Crippen LogP contribution in [-0.2, 0) is 4.74 Å². The number of nitrogens with zero attached hydrogens (tertiary/aromatic N) is 4. The Bertz CT molecular complexity index is 791. The maximum Gasteiger partial charge on any atom is 0.296 e. The van der Waals surface area contributed by atoms with Gasteiger partial charge < -0.3 is 30.3 Å². The molecule has 3 fully saturated rings. The monoisotopic (exact) mass is 394 g/mol. The Morgan fingerprint density at radius 3 is 2.54 bits per heavy atom. The van der Waals surface area contributed by atoms with E-state index in [1.165, 1.54) is 0 Å². The van der Waals surface area contributed by atoms with Crippen LogP contribution in [0.3, 0.4) is 0 Å². The standard InChI is InChI=1S/C17H26N6O5/c18-15(22-6-2-1-3-7-22)11-12(19-9-4-5-9)16(27)23(21-20-11)17-14(26)13(25)10(8-24)28-17/h9-10,13-14,17-19,24-26H,1-8H2. The molecule has 3 heterocycles. The molecule has 0 radical (unpaired) electrons. The maximum absolute atomic E-state index is 13.1. The highest BCUT2D eigenvalue weighted by Crippen LogP contribution is 2.29. The zero-order valence-electron chi connectivity index (χ0n) is 15.5. The normalized spacial score (nSPS) is 30.5. The second-order valence-electron chi connectivity index (χ2n) is 7.61. The summed E-state index contributed by atoms with van der Waals surface area (Å²) in [7, 11) is 0. The lowest BCUT2D eigenvalue weighted by Crippen LogP contribution is -2.41. The summed E-state index contributed by atoms with van der Waals surface area (Å²) in [5.74, 6) is 0.153. The molecule has 1 saturated carbocycles. The fourth-order valence-corrected chi connectivity index (χ4v) is 3.64. The predicted molar refractivity (Wildman–Crippen MR) is 98.2 cm³/mol. The quantitative estimate of drug-likeness (QED) is 0.300. The van der Waals surface area contributed by atoms with Crippen LogP contribution in [0.2, 0.25) is 0 Å². The first kappa shape index (κ1) is 19.2. The highest BCUT2D eigenvalue weighted by Gasteiger charge is 2.45. The third-order valence-electron chi connectivity index (χ3n) is 5.48. The van der Waals surface area contributed by atoms with Crippen LogP contribution in [0.15, 0.2) is 4.79 Å². The smallest absolute Gasteiger partial charge is 0.296 e. The fourth-order valence-electron chi connectivity index (χ4n) is 3.64. The molecule has 1 aromatic rings. The SMILES string of the molecule is N=C(c1nnn(C2OC(CO)C(O)C2O)c(=O)c1NC1CC1)N1CCCCC1. The molecule has 4 rings (SSSR count). The molecule has 5 N–H and O–H groups in total. The minimum Gasteiger partial charge on any atom is -0.394 e. The van der Waals surface area contributed by atoms with Gasteiger partial charge in [-0.3, -0.25) is 10.2 Å². The zero-order valence-corrected chi connectivity index (χ0v) is 15.5. The van der Waals surface area contributed by atoms with E-state index in [0.29, 0.717) is 0 Å². The van der Waals surface area contributed by atoms with E-state index in [9.17, 15) is 20.1 Å². The minimum atomic E-state index is -1.43. The predicted octanol–water partition coefficient (Wildman–Crippen LogP) is -1.36. The van der Waals surface area contributed by atoms with Gasteiger partial charge in [0.05, 0.1) is 6.61 Å². The van der Waals surface area contributed by atoms with Crippen molar-refractivity contribution in [1.82, 2.24) is 19.9 Å². The van der Waals surface area contributed by atoms with Gasteiger partial charge in [-0.1, -0.05) is 5.21 Å². The van der Waals surface area contributed by atoms with Crippen molar-refractivity contribution < 1.29 is 20.1 Å². The second-order valence-corrected chi connectivity index (χ2v) is 7.61. The number of ether oxygens (including phenoxy) is 1. The average molecular weight is 394 g/mol. The molecule has 2 saturated heterocycles. The van der Waals surface area contributed by atoms with Crippen LogP contribution in [-0.4, -0.2) is 85.1 Å². The van der Waals surface area contributed by atoms with Gasteiger partial charge in [-0.15, -0.1) is 5.10 Å². The molecular weight excluding hydrogens is 368 g/mol. The number of rotatable bonds is 5. The van der Waals surface area contributed by atoms with E-state index >= 15 is 0 Å². The van der Waals surface area contributed by atoms with Crippen molar-refractivity contribution in [2.75, 3.05) is 25.0 Å². The third-order valence-corrected chi connectivity index (χ3v) is 5.48. The number of hydrogen-bond donors (Lipinski definition) is 5. The first-order valence-corrected chi connectivity index (χ1v) is 9.73. The van der Waals surface area contributed by atoms with Gasteiger partial charge in [0.25, 0.3) is 5.56 Å². The fraction of sp³-hybridized carbons (Fsp3) is 0.765. The topological polar surface area (TPSA) is 157 Å². The van der Waals surface area contributed by atoms with Crippen LogP contribution >= 0.6 is 0 Å². The minimum absolute atomic E-state index is 0.142. The van der Waals surface area contributed by atoms with E-state index < -0.39 is 36.7 Å². The van der Waals surface area contributed by atoms with Crippen LogP contribution in [0.4, 0.5) is 5.69 Å². The van der Waals surface area contributed by atoms with E-state index in [1.54, 1.807) is 0 Å². The Morgan fingerprint density at radius 1 is 1.21 bits per heavy atom. The Hall–Kier alpha value is -2.08. The summed E-state index contributed by atoms with van der Waals surface area (Å²) in [4.78, 5) is 15.0. The molecule has 1 aromatic heterocycles. The number of likely N-dealkylation sites (tertiary alicyclic amines) is 1. The molecule has 0 aromatic carbocycles. The van der Waals surface area contributed by atoms with Crippen LogP contribution in [0.5, 0.6) is 0 Å². The van der Waals surface area contributed by atoms with Crippen molar-refractivity contribution in [3.8, 4) is 0 Å². The molecule has 154 valence electrons. The largest absolute Gasteiger partial charge is 0.394 e. The first-order chi connectivity index (χ1) is 13.5. The maximum atomic E-state index is 13.1. The van der Waals surface area contributed by atoms with Gasteiger partial charge in [0.15, 0.2) is 17.8 Å². The van der Waals surface area contributed by atoms with Crippen LogP contribution in [0.25, 0.3) is 0 Å². The van der Waals surface area contributed by atoms with Gasteiger partial charge in [0.2, 0.25) is 0 Å². The van der Waals surface area contributed by atoms with Crippen molar-refractivity contribution in [1.29, 1.82) is 5.41 Å². The van der Waals surface area contributed by atoms with Crippen molar-refractivity contribution in [2.45, 2.75) is 62.7 Å². The molecule has 0 amide bonds. The first-order valence-electron chi connectivity index (χ1n) is 9.73. The molecule has 3 aliphatic rings. The number of aromatic nitrogens is 3. The van der Waals surface area contributed by atoms with Gasteiger partial charge in [-0.05, 0) is 32.1 Å². The molecule has 0 bridgehead atoms. The summed E-state index contributed by atoms with van der Waals surface area (Å²) >= 11 is 0. The molecule has 28 heavy (non-hydrogen) atoms. The van der Waals surface area contributed by atoms with Gasteiger partial charge in [0.1, 0.15) is 24.0 Å². The number of aliphatic hydroxyl groups excluding tert-OH is 3. The van der Waals surface area contributed by atoms with Gasteiger partial charge >= 0.3 is 0 Å². The lowest BCUT2D eigenvalue weighted by molar-refractivity contribution is -0.0622. The van der Waals surface area contributed by atoms with Crippen LogP contribution in [0.1, 0.15) is 44.0 Å². The summed E-state index contributed by atoms with van der Waals surface area (Å²) in [6, 6.07) is 0.142.